The van der Waals surface area contributed by atoms with Crippen molar-refractivity contribution in [3.63, 3.8) is 0 Å². The van der Waals surface area contributed by atoms with Gasteiger partial charge in [-0.05, 0) is 49.4 Å². The lowest BCUT2D eigenvalue weighted by molar-refractivity contribution is -0.139. The summed E-state index contributed by atoms with van der Waals surface area (Å²) in [4.78, 5) is 31.3. The molecule has 0 atom stereocenters. The smallest absolute Gasteiger partial charge is 0.239 e. The molecule has 0 unspecified atom stereocenters. The highest BCUT2D eigenvalue weighted by Gasteiger charge is 2.27. The van der Waals surface area contributed by atoms with Gasteiger partial charge in [0.05, 0.1) is 13.1 Å². The summed E-state index contributed by atoms with van der Waals surface area (Å²) >= 11 is 0. The van der Waals surface area contributed by atoms with Crippen LogP contribution >= 0.6 is 0 Å². The molecule has 0 spiro atoms. The summed E-state index contributed by atoms with van der Waals surface area (Å²) < 4.78 is 0. The normalized spacial score (nSPS) is 19.4. The minimum atomic E-state index is -0.0564. The lowest BCUT2D eigenvalue weighted by Crippen LogP contribution is -2.52. The van der Waals surface area contributed by atoms with Gasteiger partial charge in [0, 0.05) is 30.2 Å². The molecule has 0 radical (unpaired) electrons. The molecule has 2 amide bonds. The molecular weight excluding hydrogens is 340 g/mol. The second kappa shape index (κ2) is 7.72. The number of aromatic nitrogens is 1. The van der Waals surface area contributed by atoms with Crippen LogP contribution in [0.25, 0.3) is 10.9 Å². The first-order chi connectivity index (χ1) is 13.2. The van der Waals surface area contributed by atoms with Crippen LogP contribution in [0.3, 0.4) is 0 Å². The topological polar surface area (TPSA) is 68.4 Å². The van der Waals surface area contributed by atoms with Crippen LogP contribution in [-0.4, -0.2) is 65.9 Å². The summed E-state index contributed by atoms with van der Waals surface area (Å²) in [6.07, 6.45) is 5.35. The van der Waals surface area contributed by atoms with E-state index >= 15 is 0 Å². The number of nitrogens with zero attached hydrogens (tertiary/aromatic N) is 2. The van der Waals surface area contributed by atoms with Gasteiger partial charge in [-0.3, -0.25) is 14.5 Å². The van der Waals surface area contributed by atoms with E-state index in [0.29, 0.717) is 25.6 Å². The van der Waals surface area contributed by atoms with Crippen molar-refractivity contribution < 1.29 is 9.59 Å². The molecule has 0 saturated carbocycles. The Kier molecular flexibility index (Phi) is 5.16. The van der Waals surface area contributed by atoms with E-state index in [4.69, 9.17) is 0 Å². The average molecular weight is 368 g/mol. The number of amides is 2. The van der Waals surface area contributed by atoms with Crippen molar-refractivity contribution in [1.82, 2.24) is 20.1 Å². The van der Waals surface area contributed by atoms with Crippen LogP contribution in [-0.2, 0) is 16.0 Å². The highest BCUT2D eigenvalue weighted by atomic mass is 16.2. The summed E-state index contributed by atoms with van der Waals surface area (Å²) in [6.45, 7) is 5.85. The lowest BCUT2D eigenvalue weighted by Gasteiger charge is -2.34. The van der Waals surface area contributed by atoms with Gasteiger partial charge >= 0.3 is 0 Å². The third-order valence-corrected chi connectivity index (χ3v) is 5.99. The first-order valence-electron chi connectivity index (χ1n) is 10.0. The molecule has 2 saturated heterocycles. The Balaban J connectivity index is 1.37. The van der Waals surface area contributed by atoms with E-state index in [1.807, 2.05) is 0 Å². The van der Waals surface area contributed by atoms with Crippen LogP contribution < -0.4 is 5.32 Å². The van der Waals surface area contributed by atoms with Crippen LogP contribution in [0.2, 0.25) is 0 Å². The summed E-state index contributed by atoms with van der Waals surface area (Å²) in [5.74, 6) is 0.556. The molecule has 1 aromatic carbocycles. The number of fused-ring (bicyclic) bond motifs is 1. The van der Waals surface area contributed by atoms with E-state index in [9.17, 15) is 9.59 Å². The molecule has 2 aromatic rings. The number of H-pyrrole nitrogens is 1. The molecule has 4 rings (SSSR count). The fourth-order valence-corrected chi connectivity index (χ4v) is 4.42. The van der Waals surface area contributed by atoms with E-state index in [0.717, 1.165) is 32.4 Å². The number of aromatic amines is 1. The van der Waals surface area contributed by atoms with Crippen LogP contribution in [0.15, 0.2) is 24.4 Å². The minimum Gasteiger partial charge on any atom is -0.361 e. The zero-order chi connectivity index (χ0) is 18.8. The second-order valence-corrected chi connectivity index (χ2v) is 7.65. The summed E-state index contributed by atoms with van der Waals surface area (Å²) in [5.41, 5.74) is 4.06. The van der Waals surface area contributed by atoms with Crippen molar-refractivity contribution in [2.75, 3.05) is 39.3 Å². The predicted octanol–water partition coefficient (Wildman–Crippen LogP) is 1.87. The van der Waals surface area contributed by atoms with Gasteiger partial charge < -0.3 is 15.2 Å². The molecular formula is C21H28N4O2. The monoisotopic (exact) mass is 368 g/mol. The summed E-state index contributed by atoms with van der Waals surface area (Å²) in [5, 5.41) is 4.12. The van der Waals surface area contributed by atoms with Crippen molar-refractivity contribution in [2.24, 2.45) is 0 Å². The molecule has 0 bridgehead atoms. The Morgan fingerprint density at radius 3 is 2.78 bits per heavy atom. The number of piperidine rings is 1. The molecule has 6 heteroatoms. The van der Waals surface area contributed by atoms with Crippen molar-refractivity contribution in [3.8, 4) is 0 Å². The fraction of sp³-hybridized carbons (Fsp3) is 0.524. The standard InChI is InChI=1S/C21H28N4O2/c1-2-15-4-3-5-17-18(12-23-21(15)17)16-6-9-24(10-7-16)14-20(27)25-11-8-22-19(26)13-25/h3-5,12,16,23H,2,6-11,13-14H2,1H3,(H,22,26). The van der Waals surface area contributed by atoms with Gasteiger partial charge in [0.2, 0.25) is 11.8 Å². The van der Waals surface area contributed by atoms with Crippen molar-refractivity contribution in [1.29, 1.82) is 0 Å². The third-order valence-electron chi connectivity index (χ3n) is 5.99. The number of hydrogen-bond acceptors (Lipinski definition) is 3. The fourth-order valence-electron chi connectivity index (χ4n) is 4.42. The number of piperazine rings is 1. The largest absolute Gasteiger partial charge is 0.361 e. The van der Waals surface area contributed by atoms with Crippen LogP contribution in [0.4, 0.5) is 0 Å². The molecule has 3 heterocycles. The SMILES string of the molecule is CCc1cccc2c(C3CCN(CC(=O)N4CCNC(=O)C4)CC3)c[nH]c12. The van der Waals surface area contributed by atoms with Gasteiger partial charge in [-0.15, -0.1) is 0 Å². The number of carbonyl (C=O) groups is 2. The van der Waals surface area contributed by atoms with Gasteiger partial charge in [0.1, 0.15) is 0 Å². The van der Waals surface area contributed by atoms with Gasteiger partial charge in [-0.25, -0.2) is 0 Å². The van der Waals surface area contributed by atoms with Crippen molar-refractivity contribution in [2.45, 2.75) is 32.1 Å². The number of aryl methyl sites for hydroxylation is 1. The van der Waals surface area contributed by atoms with E-state index < -0.39 is 0 Å². The van der Waals surface area contributed by atoms with Crippen molar-refractivity contribution in [3.05, 3.63) is 35.5 Å². The lowest BCUT2D eigenvalue weighted by atomic mass is 9.89. The quantitative estimate of drug-likeness (QED) is 0.866. The van der Waals surface area contributed by atoms with Gasteiger partial charge in [0.15, 0.2) is 0 Å². The zero-order valence-corrected chi connectivity index (χ0v) is 16.0. The third kappa shape index (κ3) is 3.72. The van der Waals surface area contributed by atoms with Crippen LogP contribution in [0.1, 0.15) is 36.8 Å². The van der Waals surface area contributed by atoms with E-state index in [1.54, 1.807) is 4.90 Å². The molecule has 1 aromatic heterocycles. The molecule has 27 heavy (non-hydrogen) atoms. The first kappa shape index (κ1) is 18.0. The van der Waals surface area contributed by atoms with Gasteiger partial charge in [-0.2, -0.15) is 0 Å². The average Bonchev–Trinajstić information content (AvgIpc) is 3.13. The maximum absolute atomic E-state index is 12.5. The number of para-hydroxylation sites is 1. The Hall–Kier alpha value is -2.34. The molecule has 0 aliphatic carbocycles. The molecule has 2 N–H and O–H groups in total. The highest BCUT2D eigenvalue weighted by molar-refractivity contribution is 5.87. The van der Waals surface area contributed by atoms with E-state index in [1.165, 1.54) is 22.0 Å². The number of nitrogens with one attached hydrogen (secondary N) is 2. The molecule has 2 fully saturated rings. The van der Waals surface area contributed by atoms with Gasteiger partial charge in [-0.1, -0.05) is 25.1 Å². The second-order valence-electron chi connectivity index (χ2n) is 7.65. The molecule has 144 valence electrons. The summed E-state index contributed by atoms with van der Waals surface area (Å²) in [6, 6.07) is 6.57. The minimum absolute atomic E-state index is 0.0564. The summed E-state index contributed by atoms with van der Waals surface area (Å²) in [7, 11) is 0. The van der Waals surface area contributed by atoms with Gasteiger partial charge in [0.25, 0.3) is 0 Å². The number of rotatable bonds is 4. The van der Waals surface area contributed by atoms with Crippen LogP contribution in [0, 0.1) is 0 Å². The maximum atomic E-state index is 12.5. The van der Waals surface area contributed by atoms with Crippen molar-refractivity contribution >= 4 is 22.7 Å². The first-order valence-corrected chi connectivity index (χ1v) is 10.0. The van der Waals surface area contributed by atoms with E-state index in [2.05, 4.69) is 46.5 Å². The van der Waals surface area contributed by atoms with E-state index in [-0.39, 0.29) is 18.4 Å². The Morgan fingerprint density at radius 2 is 2.04 bits per heavy atom. The van der Waals surface area contributed by atoms with Crippen LogP contribution in [0.5, 0.6) is 0 Å². The highest BCUT2D eigenvalue weighted by Crippen LogP contribution is 2.34. The number of benzene rings is 1. The number of likely N-dealkylation sites (tertiary alicyclic amines) is 1. The zero-order valence-electron chi connectivity index (χ0n) is 16.0. The Morgan fingerprint density at radius 1 is 1.22 bits per heavy atom. The predicted molar refractivity (Wildman–Crippen MR) is 106 cm³/mol. The molecule has 2 aliphatic heterocycles. The Labute approximate surface area is 159 Å². The number of carbonyl (C=O) groups excluding carboxylic acids is 2. The maximum Gasteiger partial charge on any atom is 0.239 e. The molecule has 2 aliphatic rings. The Bertz CT molecular complexity index is 836. The number of hydrogen-bond donors (Lipinski definition) is 2. The molecule has 6 nitrogen and oxygen atoms in total.